The molecule has 2 amide bonds. The van der Waals surface area contributed by atoms with Crippen LogP contribution in [0, 0.1) is 5.82 Å². The number of cyclic esters (lactones) is 1. The summed E-state index contributed by atoms with van der Waals surface area (Å²) < 4.78 is 19.8. The molecule has 1 atom stereocenters. The molecule has 0 saturated carbocycles. The first kappa shape index (κ1) is 17.4. The Bertz CT molecular complexity index is 729. The Morgan fingerprint density at radius 1 is 1.44 bits per heavy atom. The van der Waals surface area contributed by atoms with Crippen molar-refractivity contribution in [2.75, 3.05) is 43.2 Å². The van der Waals surface area contributed by atoms with Crippen LogP contribution in [-0.4, -0.2) is 61.3 Å². The third-order valence-electron chi connectivity index (χ3n) is 4.17. The Morgan fingerprint density at radius 2 is 2.20 bits per heavy atom. The van der Waals surface area contributed by atoms with Crippen molar-refractivity contribution < 1.29 is 18.7 Å². The number of anilines is 2. The van der Waals surface area contributed by atoms with Gasteiger partial charge in [0.15, 0.2) is 0 Å². The molecular weight excluding hydrogens is 347 g/mol. The van der Waals surface area contributed by atoms with Crippen LogP contribution >= 0.6 is 12.2 Å². The molecule has 9 heteroatoms. The molecule has 7 nitrogen and oxygen atoms in total. The molecule has 0 aliphatic carbocycles. The molecule has 134 valence electrons. The van der Waals surface area contributed by atoms with Crippen molar-refractivity contribution in [2.24, 2.45) is 0 Å². The predicted octanol–water partition coefficient (Wildman–Crippen LogP) is 1.32. The summed E-state index contributed by atoms with van der Waals surface area (Å²) in [7, 11) is 1.67. The molecule has 0 bridgehead atoms. The lowest BCUT2D eigenvalue weighted by Gasteiger charge is -2.20. The van der Waals surface area contributed by atoms with Crippen LogP contribution in [0.15, 0.2) is 18.2 Å². The third kappa shape index (κ3) is 3.65. The van der Waals surface area contributed by atoms with E-state index in [4.69, 9.17) is 17.0 Å². The summed E-state index contributed by atoms with van der Waals surface area (Å²) in [6, 6.07) is 4.53. The smallest absolute Gasteiger partial charge is 0.414 e. The number of hydrogen-bond acceptors (Lipinski definition) is 5. The van der Waals surface area contributed by atoms with Crippen LogP contribution in [0.5, 0.6) is 0 Å². The van der Waals surface area contributed by atoms with E-state index in [1.54, 1.807) is 31.0 Å². The lowest BCUT2D eigenvalue weighted by Crippen LogP contribution is -2.32. The van der Waals surface area contributed by atoms with Gasteiger partial charge in [0.25, 0.3) is 0 Å². The molecule has 2 fully saturated rings. The molecule has 2 aliphatic rings. The van der Waals surface area contributed by atoms with Gasteiger partial charge in [0.05, 0.1) is 42.7 Å². The second kappa shape index (κ2) is 6.83. The highest BCUT2D eigenvalue weighted by Crippen LogP contribution is 2.29. The first-order valence-corrected chi connectivity index (χ1v) is 8.27. The lowest BCUT2D eigenvalue weighted by molar-refractivity contribution is -0.125. The molecule has 25 heavy (non-hydrogen) atoms. The minimum absolute atomic E-state index is 0.0595. The summed E-state index contributed by atoms with van der Waals surface area (Å²) in [5.41, 5.74) is 0.760. The number of likely N-dealkylation sites (N-methyl/N-ethyl adjacent to an activating group) is 1. The number of thiocarbonyl (C=S) groups is 1. The average Bonchev–Trinajstić information content (AvgIpc) is 3.08. The molecule has 0 spiro atoms. The SMILES string of the molecule is CC(=S)NC[C@H]1CN(c2ccc(N3CC(=O)N(C)C3)c(F)c2)C(=O)O1. The highest BCUT2D eigenvalue weighted by molar-refractivity contribution is 7.80. The van der Waals surface area contributed by atoms with Gasteiger partial charge in [-0.05, 0) is 25.1 Å². The van der Waals surface area contributed by atoms with E-state index in [0.29, 0.717) is 36.1 Å². The van der Waals surface area contributed by atoms with Crippen LogP contribution in [0.25, 0.3) is 0 Å². The minimum Gasteiger partial charge on any atom is -0.442 e. The number of hydrogen-bond donors (Lipinski definition) is 1. The number of halogens is 1. The van der Waals surface area contributed by atoms with Gasteiger partial charge in [-0.15, -0.1) is 0 Å². The second-order valence-corrected chi connectivity index (χ2v) is 6.73. The molecule has 2 aliphatic heterocycles. The van der Waals surface area contributed by atoms with E-state index in [-0.39, 0.29) is 18.6 Å². The Labute approximate surface area is 150 Å². The zero-order valence-electron chi connectivity index (χ0n) is 14.0. The molecule has 2 saturated heterocycles. The van der Waals surface area contributed by atoms with Gasteiger partial charge in [-0.2, -0.15) is 0 Å². The van der Waals surface area contributed by atoms with Crippen molar-refractivity contribution in [3.63, 3.8) is 0 Å². The van der Waals surface area contributed by atoms with Crippen LogP contribution in [0.3, 0.4) is 0 Å². The van der Waals surface area contributed by atoms with Gasteiger partial charge in [-0.25, -0.2) is 9.18 Å². The summed E-state index contributed by atoms with van der Waals surface area (Å²) >= 11 is 4.94. The van der Waals surface area contributed by atoms with Gasteiger partial charge in [-0.1, -0.05) is 12.2 Å². The summed E-state index contributed by atoms with van der Waals surface area (Å²) in [4.78, 5) is 28.8. The number of carbonyl (C=O) groups is 2. The quantitative estimate of drug-likeness (QED) is 0.811. The number of nitrogens with one attached hydrogen (secondary N) is 1. The van der Waals surface area contributed by atoms with E-state index < -0.39 is 11.9 Å². The van der Waals surface area contributed by atoms with Crippen LogP contribution in [0.4, 0.5) is 20.6 Å². The van der Waals surface area contributed by atoms with Gasteiger partial charge in [0.1, 0.15) is 11.9 Å². The highest BCUT2D eigenvalue weighted by Gasteiger charge is 2.33. The molecule has 3 rings (SSSR count). The van der Waals surface area contributed by atoms with Crippen molar-refractivity contribution in [3.05, 3.63) is 24.0 Å². The highest BCUT2D eigenvalue weighted by atomic mass is 32.1. The van der Waals surface area contributed by atoms with E-state index in [0.717, 1.165) is 0 Å². The van der Waals surface area contributed by atoms with Crippen molar-refractivity contribution in [1.29, 1.82) is 0 Å². The largest absolute Gasteiger partial charge is 0.442 e. The first-order chi connectivity index (χ1) is 11.8. The average molecular weight is 366 g/mol. The molecule has 0 aromatic heterocycles. The summed E-state index contributed by atoms with van der Waals surface area (Å²) in [5, 5.41) is 2.96. The topological polar surface area (TPSA) is 65.1 Å². The standard InChI is InChI=1S/C16H19FN4O3S/c1-10(25)18-6-12-7-21(16(23)24-12)11-3-4-14(13(17)5-11)20-8-15(22)19(2)9-20/h3-5,12H,6-9H2,1-2H3,(H,18,25)/t12-/m0/s1. The number of carbonyl (C=O) groups excluding carboxylic acids is 2. The summed E-state index contributed by atoms with van der Waals surface area (Å²) in [6.45, 7) is 2.96. The monoisotopic (exact) mass is 366 g/mol. The maximum absolute atomic E-state index is 14.5. The van der Waals surface area contributed by atoms with Crippen LogP contribution in [0.1, 0.15) is 6.92 Å². The molecule has 1 aromatic carbocycles. The number of ether oxygens (including phenoxy) is 1. The molecule has 2 heterocycles. The Morgan fingerprint density at radius 3 is 2.80 bits per heavy atom. The number of rotatable bonds is 4. The van der Waals surface area contributed by atoms with E-state index in [9.17, 15) is 14.0 Å². The maximum Gasteiger partial charge on any atom is 0.414 e. The normalized spacial score (nSPS) is 20.3. The Balaban J connectivity index is 1.71. The fourth-order valence-corrected chi connectivity index (χ4v) is 2.93. The number of nitrogens with zero attached hydrogens (tertiary/aromatic N) is 3. The fourth-order valence-electron chi connectivity index (χ4n) is 2.85. The van der Waals surface area contributed by atoms with Gasteiger partial charge >= 0.3 is 6.09 Å². The lowest BCUT2D eigenvalue weighted by atomic mass is 10.2. The van der Waals surface area contributed by atoms with Crippen LogP contribution in [0.2, 0.25) is 0 Å². The van der Waals surface area contributed by atoms with E-state index >= 15 is 0 Å². The van der Waals surface area contributed by atoms with Crippen LogP contribution < -0.4 is 15.1 Å². The zero-order valence-corrected chi connectivity index (χ0v) is 14.8. The van der Waals surface area contributed by atoms with E-state index in [1.165, 1.54) is 15.9 Å². The fraction of sp³-hybridized carbons (Fsp3) is 0.438. The molecule has 1 N–H and O–H groups in total. The predicted molar refractivity (Wildman–Crippen MR) is 95.3 cm³/mol. The molecular formula is C16H19FN4O3S. The van der Waals surface area contributed by atoms with E-state index in [1.807, 2.05) is 0 Å². The maximum atomic E-state index is 14.5. The van der Waals surface area contributed by atoms with Gasteiger partial charge in [0.2, 0.25) is 5.91 Å². The summed E-state index contributed by atoms with van der Waals surface area (Å²) in [5.74, 6) is -0.541. The van der Waals surface area contributed by atoms with Gasteiger partial charge in [0, 0.05) is 7.05 Å². The molecule has 0 unspecified atom stereocenters. The number of amides is 2. The summed E-state index contributed by atoms with van der Waals surface area (Å²) in [6.07, 6.45) is -0.866. The van der Waals surface area contributed by atoms with E-state index in [2.05, 4.69) is 5.32 Å². The number of benzene rings is 1. The minimum atomic E-state index is -0.517. The molecule has 1 aromatic rings. The van der Waals surface area contributed by atoms with Crippen molar-refractivity contribution in [3.8, 4) is 0 Å². The van der Waals surface area contributed by atoms with Crippen molar-refractivity contribution in [1.82, 2.24) is 10.2 Å². The Kier molecular flexibility index (Phi) is 4.76. The molecule has 0 radical (unpaired) electrons. The van der Waals surface area contributed by atoms with Crippen molar-refractivity contribution >= 4 is 40.6 Å². The third-order valence-corrected chi connectivity index (χ3v) is 4.32. The van der Waals surface area contributed by atoms with Gasteiger partial charge < -0.3 is 19.9 Å². The first-order valence-electron chi connectivity index (χ1n) is 7.86. The Hall–Kier alpha value is -2.42. The zero-order chi connectivity index (χ0) is 18.1. The van der Waals surface area contributed by atoms with Crippen molar-refractivity contribution in [2.45, 2.75) is 13.0 Å². The second-order valence-electron chi connectivity index (χ2n) is 6.12. The van der Waals surface area contributed by atoms with Gasteiger partial charge in [-0.3, -0.25) is 9.69 Å². The van der Waals surface area contributed by atoms with Crippen LogP contribution in [-0.2, 0) is 9.53 Å².